The molecular formula is C9H15NO. The highest BCUT2D eigenvalue weighted by atomic mass is 16.5. The second-order valence-corrected chi connectivity index (χ2v) is 1.97. The number of likely N-dealkylation sites (N-methyl/N-ethyl adjacent to an activating group) is 1. The van der Waals surface area contributed by atoms with Gasteiger partial charge in [-0.15, -0.1) is 0 Å². The summed E-state index contributed by atoms with van der Waals surface area (Å²) in [6.07, 6.45) is 7.52. The van der Waals surface area contributed by atoms with Crippen molar-refractivity contribution in [2.75, 3.05) is 20.8 Å². The molecule has 0 saturated carbocycles. The molecule has 0 aromatic heterocycles. The zero-order chi connectivity index (χ0) is 8.53. The number of ether oxygens (including phenoxy) is 1. The molecule has 0 amide bonds. The summed E-state index contributed by atoms with van der Waals surface area (Å²) in [6.45, 7) is 4.23. The van der Waals surface area contributed by atoms with Crippen molar-refractivity contribution in [3.8, 4) is 0 Å². The molecule has 0 radical (unpaired) electrons. The Kier molecular flexibility index (Phi) is 6.43. The Morgan fingerprint density at radius 2 is 2.36 bits per heavy atom. The van der Waals surface area contributed by atoms with Gasteiger partial charge in [0.25, 0.3) is 0 Å². The van der Waals surface area contributed by atoms with E-state index in [1.807, 2.05) is 25.3 Å². The van der Waals surface area contributed by atoms with Crippen LogP contribution in [0.5, 0.6) is 0 Å². The molecule has 62 valence electrons. The van der Waals surface area contributed by atoms with Gasteiger partial charge in [-0.1, -0.05) is 18.7 Å². The fourth-order valence-electron chi connectivity index (χ4n) is 0.620. The van der Waals surface area contributed by atoms with E-state index in [-0.39, 0.29) is 0 Å². The monoisotopic (exact) mass is 153 g/mol. The Labute approximate surface area is 68.3 Å². The van der Waals surface area contributed by atoms with Crippen LogP contribution >= 0.6 is 0 Å². The maximum atomic E-state index is 4.85. The van der Waals surface area contributed by atoms with Crippen molar-refractivity contribution < 1.29 is 4.74 Å². The number of methoxy groups -OCH3 is 1. The van der Waals surface area contributed by atoms with Crippen molar-refractivity contribution in [3.05, 3.63) is 36.6 Å². The summed E-state index contributed by atoms with van der Waals surface area (Å²) in [5, 5.41) is 3.01. The van der Waals surface area contributed by atoms with Crippen LogP contribution in [-0.2, 0) is 4.74 Å². The van der Waals surface area contributed by atoms with E-state index in [0.29, 0.717) is 6.61 Å². The van der Waals surface area contributed by atoms with Gasteiger partial charge in [0, 0.05) is 19.9 Å². The van der Waals surface area contributed by atoms with Crippen LogP contribution in [-0.4, -0.2) is 20.8 Å². The minimum absolute atomic E-state index is 0.635. The Balaban J connectivity index is 3.86. The normalized spacial score (nSPS) is 12.0. The fourth-order valence-corrected chi connectivity index (χ4v) is 0.620. The molecule has 11 heavy (non-hydrogen) atoms. The third-order valence-corrected chi connectivity index (χ3v) is 1.15. The third kappa shape index (κ3) is 5.43. The van der Waals surface area contributed by atoms with E-state index in [4.69, 9.17) is 4.74 Å². The van der Waals surface area contributed by atoms with Crippen molar-refractivity contribution in [1.29, 1.82) is 0 Å². The number of rotatable bonds is 5. The van der Waals surface area contributed by atoms with Crippen LogP contribution in [0.3, 0.4) is 0 Å². The molecular weight excluding hydrogens is 138 g/mol. The molecule has 0 aromatic carbocycles. The molecule has 1 N–H and O–H groups in total. The molecule has 2 nitrogen and oxygen atoms in total. The van der Waals surface area contributed by atoms with Crippen LogP contribution in [0.2, 0.25) is 0 Å². The summed E-state index contributed by atoms with van der Waals surface area (Å²) < 4.78 is 4.85. The van der Waals surface area contributed by atoms with Crippen molar-refractivity contribution in [1.82, 2.24) is 5.32 Å². The quantitative estimate of drug-likeness (QED) is 0.604. The van der Waals surface area contributed by atoms with Gasteiger partial charge >= 0.3 is 0 Å². The van der Waals surface area contributed by atoms with E-state index in [0.717, 1.165) is 5.70 Å². The second kappa shape index (κ2) is 7.09. The van der Waals surface area contributed by atoms with E-state index < -0.39 is 0 Å². The van der Waals surface area contributed by atoms with Crippen molar-refractivity contribution >= 4 is 0 Å². The molecule has 0 rings (SSSR count). The van der Waals surface area contributed by atoms with Gasteiger partial charge in [-0.05, 0) is 12.2 Å². The topological polar surface area (TPSA) is 21.3 Å². The smallest absolute Gasteiger partial charge is 0.0647 e. The molecule has 0 fully saturated rings. The molecule has 0 saturated heterocycles. The second-order valence-electron chi connectivity index (χ2n) is 1.97. The lowest BCUT2D eigenvalue weighted by Gasteiger charge is -1.97. The SMILES string of the molecule is C=C/C=C(\C=C/COC)NC. The van der Waals surface area contributed by atoms with Crippen LogP contribution in [0.1, 0.15) is 0 Å². The zero-order valence-electron chi connectivity index (χ0n) is 7.13. The van der Waals surface area contributed by atoms with Crippen LogP contribution < -0.4 is 5.32 Å². The maximum Gasteiger partial charge on any atom is 0.0647 e. The number of hydrogen-bond acceptors (Lipinski definition) is 2. The molecule has 0 spiro atoms. The Hall–Kier alpha value is -1.02. The minimum atomic E-state index is 0.635. The highest BCUT2D eigenvalue weighted by Gasteiger charge is 1.81. The summed E-state index contributed by atoms with van der Waals surface area (Å²) in [7, 11) is 3.53. The Morgan fingerprint density at radius 3 is 2.82 bits per heavy atom. The van der Waals surface area contributed by atoms with E-state index in [2.05, 4.69) is 11.9 Å². The van der Waals surface area contributed by atoms with Crippen molar-refractivity contribution in [2.24, 2.45) is 0 Å². The average molecular weight is 153 g/mol. The Bertz CT molecular complexity index is 159. The van der Waals surface area contributed by atoms with E-state index >= 15 is 0 Å². The number of allylic oxidation sites excluding steroid dienone is 3. The van der Waals surface area contributed by atoms with Gasteiger partial charge in [-0.2, -0.15) is 0 Å². The average Bonchev–Trinajstić information content (AvgIpc) is 2.03. The van der Waals surface area contributed by atoms with Crippen LogP contribution in [0.25, 0.3) is 0 Å². The molecule has 0 aliphatic heterocycles. The van der Waals surface area contributed by atoms with Gasteiger partial charge in [0.05, 0.1) is 6.61 Å². The predicted octanol–water partition coefficient (Wildman–Crippen LogP) is 1.48. The van der Waals surface area contributed by atoms with Crippen LogP contribution in [0, 0.1) is 0 Å². The van der Waals surface area contributed by atoms with Gasteiger partial charge in [0.1, 0.15) is 0 Å². The summed E-state index contributed by atoms with van der Waals surface area (Å²) in [6, 6.07) is 0. The summed E-state index contributed by atoms with van der Waals surface area (Å²) in [5.41, 5.74) is 1.03. The van der Waals surface area contributed by atoms with Gasteiger partial charge in [0.15, 0.2) is 0 Å². The van der Waals surface area contributed by atoms with Gasteiger partial charge < -0.3 is 10.1 Å². The minimum Gasteiger partial charge on any atom is -0.388 e. The summed E-state index contributed by atoms with van der Waals surface area (Å²) in [5.74, 6) is 0. The fraction of sp³-hybridized carbons (Fsp3) is 0.333. The first-order valence-corrected chi connectivity index (χ1v) is 3.51. The third-order valence-electron chi connectivity index (χ3n) is 1.15. The maximum absolute atomic E-state index is 4.85. The van der Waals surface area contributed by atoms with E-state index in [9.17, 15) is 0 Å². The first-order chi connectivity index (χ1) is 5.35. The highest BCUT2D eigenvalue weighted by molar-refractivity contribution is 5.20. The van der Waals surface area contributed by atoms with E-state index in [1.54, 1.807) is 13.2 Å². The van der Waals surface area contributed by atoms with Gasteiger partial charge in [-0.25, -0.2) is 0 Å². The predicted molar refractivity (Wildman–Crippen MR) is 48.4 cm³/mol. The molecule has 0 heterocycles. The van der Waals surface area contributed by atoms with Crippen LogP contribution in [0.15, 0.2) is 36.6 Å². The van der Waals surface area contributed by atoms with Crippen LogP contribution in [0.4, 0.5) is 0 Å². The molecule has 0 bridgehead atoms. The molecule has 0 aliphatic rings. The van der Waals surface area contributed by atoms with E-state index in [1.165, 1.54) is 0 Å². The highest BCUT2D eigenvalue weighted by Crippen LogP contribution is 1.90. The number of nitrogens with one attached hydrogen (secondary N) is 1. The molecule has 0 atom stereocenters. The number of hydrogen-bond donors (Lipinski definition) is 1. The molecule has 0 aliphatic carbocycles. The van der Waals surface area contributed by atoms with Crippen molar-refractivity contribution in [3.63, 3.8) is 0 Å². The van der Waals surface area contributed by atoms with Crippen molar-refractivity contribution in [2.45, 2.75) is 0 Å². The van der Waals surface area contributed by atoms with Gasteiger partial charge in [0.2, 0.25) is 0 Å². The largest absolute Gasteiger partial charge is 0.388 e. The summed E-state index contributed by atoms with van der Waals surface area (Å²) in [4.78, 5) is 0. The van der Waals surface area contributed by atoms with Gasteiger partial charge in [-0.3, -0.25) is 0 Å². The lowest BCUT2D eigenvalue weighted by atomic mass is 10.3. The lowest BCUT2D eigenvalue weighted by molar-refractivity contribution is 0.234. The zero-order valence-corrected chi connectivity index (χ0v) is 7.13. The molecule has 0 unspecified atom stereocenters. The standard InChI is InChI=1S/C9H15NO/c1-4-6-9(10-2)7-5-8-11-3/h4-7,10H,1,8H2,2-3H3/b7-5-,9-6+. The first kappa shape index (κ1) is 9.98. The first-order valence-electron chi connectivity index (χ1n) is 3.51. The summed E-state index contributed by atoms with van der Waals surface area (Å²) >= 11 is 0. The lowest BCUT2D eigenvalue weighted by Crippen LogP contribution is -2.02. The molecule has 2 heteroatoms. The Morgan fingerprint density at radius 1 is 1.64 bits per heavy atom. The molecule has 0 aromatic rings.